The predicted molar refractivity (Wildman–Crippen MR) is 110 cm³/mol. The largest absolute Gasteiger partial charge is 0.496 e. The van der Waals surface area contributed by atoms with Gasteiger partial charge in [-0.1, -0.05) is 12.1 Å². The number of methoxy groups -OCH3 is 1. The Balaban J connectivity index is 1.70. The molecule has 0 spiro atoms. The fourth-order valence-corrected chi connectivity index (χ4v) is 4.23. The van der Waals surface area contributed by atoms with Gasteiger partial charge in [-0.05, 0) is 36.8 Å². The zero-order valence-corrected chi connectivity index (χ0v) is 16.5. The fourth-order valence-electron chi connectivity index (χ4n) is 3.41. The number of rotatable bonds is 3. The number of hydrogen-bond acceptors (Lipinski definition) is 5. The van der Waals surface area contributed by atoms with E-state index in [1.54, 1.807) is 23.5 Å². The van der Waals surface area contributed by atoms with E-state index in [4.69, 9.17) is 4.74 Å². The van der Waals surface area contributed by atoms with E-state index < -0.39 is 0 Å². The fraction of sp³-hybridized carbons (Fsp3) is 0.238. The SMILES string of the molecule is COc1ccccc1-c1nc(C(=O)N2CCCN(C)c3ccc(F)cc32)cs1. The summed E-state index contributed by atoms with van der Waals surface area (Å²) in [5, 5.41) is 2.46. The number of carbonyl (C=O) groups is 1. The van der Waals surface area contributed by atoms with Crippen LogP contribution in [0.5, 0.6) is 5.75 Å². The second-order valence-electron chi connectivity index (χ2n) is 6.60. The van der Waals surface area contributed by atoms with Crippen molar-refractivity contribution in [2.24, 2.45) is 0 Å². The Morgan fingerprint density at radius 2 is 2.00 bits per heavy atom. The first-order valence-corrected chi connectivity index (χ1v) is 9.88. The van der Waals surface area contributed by atoms with Gasteiger partial charge in [0.05, 0.1) is 24.0 Å². The predicted octanol–water partition coefficient (Wildman–Crippen LogP) is 4.44. The van der Waals surface area contributed by atoms with Crippen LogP contribution < -0.4 is 14.5 Å². The number of carbonyl (C=O) groups excluding carboxylic acids is 1. The second-order valence-corrected chi connectivity index (χ2v) is 7.46. The first-order valence-electron chi connectivity index (χ1n) is 9.00. The minimum atomic E-state index is -0.361. The van der Waals surface area contributed by atoms with Gasteiger partial charge in [0, 0.05) is 25.5 Å². The molecule has 0 radical (unpaired) electrons. The van der Waals surface area contributed by atoms with Crippen molar-refractivity contribution in [3.05, 3.63) is 59.4 Å². The van der Waals surface area contributed by atoms with Gasteiger partial charge >= 0.3 is 0 Å². The molecule has 5 nitrogen and oxygen atoms in total. The van der Waals surface area contributed by atoms with Gasteiger partial charge in [-0.15, -0.1) is 11.3 Å². The molecule has 2 aromatic carbocycles. The maximum atomic E-state index is 13.9. The van der Waals surface area contributed by atoms with Gasteiger partial charge in [-0.25, -0.2) is 9.37 Å². The smallest absolute Gasteiger partial charge is 0.277 e. The molecule has 0 saturated carbocycles. The number of benzene rings is 2. The molecule has 0 unspecified atom stereocenters. The molecule has 1 aliphatic heterocycles. The number of para-hydroxylation sites is 1. The standard InChI is InChI=1S/C21H20FN3O2S/c1-24-10-5-11-25(18-12-14(22)8-9-17(18)24)21(26)16-13-28-20(23-16)15-6-3-4-7-19(15)27-2/h3-4,6-9,12-13H,5,10-11H2,1-2H3. The van der Waals surface area contributed by atoms with Crippen molar-refractivity contribution >= 4 is 28.6 Å². The average Bonchev–Trinajstić information content (AvgIpc) is 3.14. The summed E-state index contributed by atoms with van der Waals surface area (Å²) in [4.78, 5) is 21.5. The van der Waals surface area contributed by atoms with Crippen LogP contribution in [0.4, 0.5) is 15.8 Å². The van der Waals surface area contributed by atoms with Crippen LogP contribution in [0, 0.1) is 5.82 Å². The zero-order chi connectivity index (χ0) is 19.7. The van der Waals surface area contributed by atoms with Crippen molar-refractivity contribution in [1.29, 1.82) is 0 Å². The molecular formula is C21H20FN3O2S. The van der Waals surface area contributed by atoms with Gasteiger partial charge < -0.3 is 14.5 Å². The van der Waals surface area contributed by atoms with E-state index in [9.17, 15) is 9.18 Å². The third kappa shape index (κ3) is 3.33. The highest BCUT2D eigenvalue weighted by Gasteiger charge is 2.26. The number of halogens is 1. The van der Waals surface area contributed by atoms with E-state index in [1.807, 2.05) is 36.2 Å². The Morgan fingerprint density at radius 1 is 1.18 bits per heavy atom. The number of fused-ring (bicyclic) bond motifs is 1. The van der Waals surface area contributed by atoms with E-state index >= 15 is 0 Å². The highest BCUT2D eigenvalue weighted by Crippen LogP contribution is 2.35. The lowest BCUT2D eigenvalue weighted by molar-refractivity contribution is 0.0983. The number of anilines is 2. The van der Waals surface area contributed by atoms with Crippen LogP contribution in [0.25, 0.3) is 10.6 Å². The molecule has 28 heavy (non-hydrogen) atoms. The molecule has 1 amide bonds. The summed E-state index contributed by atoms with van der Waals surface area (Å²) in [5.74, 6) is 0.124. The molecule has 0 aliphatic carbocycles. The first kappa shape index (κ1) is 18.4. The maximum absolute atomic E-state index is 13.9. The quantitative estimate of drug-likeness (QED) is 0.655. The van der Waals surface area contributed by atoms with Crippen molar-refractivity contribution < 1.29 is 13.9 Å². The van der Waals surface area contributed by atoms with Gasteiger partial charge in [0.25, 0.3) is 5.91 Å². The van der Waals surface area contributed by atoms with Crippen molar-refractivity contribution in [2.45, 2.75) is 6.42 Å². The lowest BCUT2D eigenvalue weighted by Crippen LogP contribution is -2.31. The lowest BCUT2D eigenvalue weighted by atomic mass is 10.2. The topological polar surface area (TPSA) is 45.7 Å². The van der Waals surface area contributed by atoms with Crippen LogP contribution in [0.1, 0.15) is 16.9 Å². The number of ether oxygens (including phenoxy) is 1. The summed E-state index contributed by atoms with van der Waals surface area (Å²) in [6.45, 7) is 1.31. The van der Waals surface area contributed by atoms with Crippen molar-refractivity contribution in [3.63, 3.8) is 0 Å². The first-order chi connectivity index (χ1) is 13.6. The van der Waals surface area contributed by atoms with Crippen LogP contribution in [0.2, 0.25) is 0 Å². The van der Waals surface area contributed by atoms with Crippen LogP contribution in [-0.2, 0) is 0 Å². The summed E-state index contributed by atoms with van der Waals surface area (Å²) in [6.07, 6.45) is 0.794. The van der Waals surface area contributed by atoms with Crippen LogP contribution in [-0.4, -0.2) is 38.1 Å². The third-order valence-electron chi connectivity index (χ3n) is 4.82. The molecule has 0 bridgehead atoms. The van der Waals surface area contributed by atoms with Crippen molar-refractivity contribution in [3.8, 4) is 16.3 Å². The summed E-state index contributed by atoms with van der Waals surface area (Å²) in [6, 6.07) is 12.1. The average molecular weight is 397 g/mol. The van der Waals surface area contributed by atoms with Gasteiger partial charge in [-0.3, -0.25) is 4.79 Å². The molecule has 1 aromatic heterocycles. The minimum Gasteiger partial charge on any atom is -0.496 e. The molecule has 0 fully saturated rings. The Bertz CT molecular complexity index is 1020. The van der Waals surface area contributed by atoms with Crippen molar-refractivity contribution in [2.75, 3.05) is 37.0 Å². The number of hydrogen-bond donors (Lipinski definition) is 0. The number of thiazole rings is 1. The molecule has 2 heterocycles. The lowest BCUT2D eigenvalue weighted by Gasteiger charge is -2.23. The number of aromatic nitrogens is 1. The number of amides is 1. The normalized spacial score (nSPS) is 13.8. The zero-order valence-electron chi connectivity index (χ0n) is 15.7. The molecular weight excluding hydrogens is 377 g/mol. The van der Waals surface area contributed by atoms with Gasteiger partial charge in [0.2, 0.25) is 0 Å². The Labute approximate surface area is 167 Å². The maximum Gasteiger partial charge on any atom is 0.277 e. The van der Waals surface area contributed by atoms with Crippen LogP contribution in [0.15, 0.2) is 47.8 Å². The third-order valence-corrected chi connectivity index (χ3v) is 5.70. The summed E-state index contributed by atoms with van der Waals surface area (Å²) >= 11 is 1.39. The number of nitrogens with zero attached hydrogens (tertiary/aromatic N) is 3. The highest BCUT2D eigenvalue weighted by molar-refractivity contribution is 7.13. The summed E-state index contributed by atoms with van der Waals surface area (Å²) < 4.78 is 19.3. The molecule has 0 atom stereocenters. The molecule has 0 saturated heterocycles. The van der Waals surface area contributed by atoms with E-state index in [0.717, 1.165) is 24.2 Å². The minimum absolute atomic E-state index is 0.223. The Morgan fingerprint density at radius 3 is 2.82 bits per heavy atom. The van der Waals surface area contributed by atoms with E-state index in [-0.39, 0.29) is 11.7 Å². The van der Waals surface area contributed by atoms with Crippen LogP contribution >= 0.6 is 11.3 Å². The van der Waals surface area contributed by atoms with Gasteiger partial charge in [0.15, 0.2) is 0 Å². The van der Waals surface area contributed by atoms with Crippen LogP contribution in [0.3, 0.4) is 0 Å². The molecule has 1 aliphatic rings. The Hall–Kier alpha value is -2.93. The van der Waals surface area contributed by atoms with E-state index in [0.29, 0.717) is 28.7 Å². The summed E-state index contributed by atoms with van der Waals surface area (Å²) in [7, 11) is 3.56. The summed E-state index contributed by atoms with van der Waals surface area (Å²) in [5.41, 5.74) is 2.62. The van der Waals surface area contributed by atoms with E-state index in [2.05, 4.69) is 4.98 Å². The monoisotopic (exact) mass is 397 g/mol. The molecule has 3 aromatic rings. The van der Waals surface area contributed by atoms with Gasteiger partial charge in [0.1, 0.15) is 22.3 Å². The molecule has 4 rings (SSSR count). The Kier molecular flexibility index (Phi) is 5.00. The van der Waals surface area contributed by atoms with E-state index in [1.165, 1.54) is 23.5 Å². The molecule has 0 N–H and O–H groups in total. The van der Waals surface area contributed by atoms with Crippen molar-refractivity contribution in [1.82, 2.24) is 4.98 Å². The second kappa shape index (κ2) is 7.59. The van der Waals surface area contributed by atoms with Gasteiger partial charge in [-0.2, -0.15) is 0 Å². The molecule has 7 heteroatoms. The molecule has 144 valence electrons. The highest BCUT2D eigenvalue weighted by atomic mass is 32.1.